The van der Waals surface area contributed by atoms with Crippen LogP contribution < -0.4 is 10.3 Å². The first kappa shape index (κ1) is 12.4. The number of hydrogen-bond donors (Lipinski definition) is 1. The molecule has 0 saturated heterocycles. The minimum Gasteiger partial charge on any atom is -0.399 e. The molecular weight excluding hydrogens is 220 g/mol. The Labute approximate surface area is 108 Å². The molecule has 0 aliphatic heterocycles. The van der Waals surface area contributed by atoms with Gasteiger partial charge in [-0.3, -0.25) is 0 Å². The van der Waals surface area contributed by atoms with Crippen molar-refractivity contribution in [2.45, 2.75) is 19.9 Å². The molecule has 2 rings (SSSR count). The number of nitrogens with zero attached hydrogens (tertiary/aromatic N) is 1. The number of aromatic nitrogens is 1. The molecule has 0 amide bonds. The summed E-state index contributed by atoms with van der Waals surface area (Å²) in [7, 11) is 0. The number of anilines is 1. The van der Waals surface area contributed by atoms with Gasteiger partial charge in [0.25, 0.3) is 0 Å². The molecule has 1 heterocycles. The fourth-order valence-electron chi connectivity index (χ4n) is 1.70. The van der Waals surface area contributed by atoms with Crippen LogP contribution in [0.5, 0.6) is 0 Å². The van der Waals surface area contributed by atoms with Gasteiger partial charge in [0.15, 0.2) is 18.4 Å². The Bertz CT molecular complexity index is 522. The summed E-state index contributed by atoms with van der Waals surface area (Å²) < 4.78 is 2.18. The zero-order valence-corrected chi connectivity index (χ0v) is 10.9. The van der Waals surface area contributed by atoms with E-state index in [1.54, 1.807) is 0 Å². The van der Waals surface area contributed by atoms with Gasteiger partial charge >= 0.3 is 0 Å². The minimum atomic E-state index is 0.500. The van der Waals surface area contributed by atoms with Crippen molar-refractivity contribution in [1.29, 1.82) is 0 Å². The molecule has 2 nitrogen and oxygen atoms in total. The van der Waals surface area contributed by atoms with Crippen LogP contribution in [-0.4, -0.2) is 0 Å². The first-order valence-corrected chi connectivity index (χ1v) is 6.19. The number of hydrogen-bond acceptors (Lipinski definition) is 1. The maximum absolute atomic E-state index is 5.65. The molecule has 1 aromatic heterocycles. The van der Waals surface area contributed by atoms with Gasteiger partial charge in [-0.05, 0) is 37.1 Å². The van der Waals surface area contributed by atoms with E-state index < -0.39 is 0 Å². The van der Waals surface area contributed by atoms with Crippen LogP contribution in [0, 0.1) is 0 Å². The summed E-state index contributed by atoms with van der Waals surface area (Å²) in [6.45, 7) is 4.34. The maximum Gasteiger partial charge on any atom is 0.169 e. The summed E-state index contributed by atoms with van der Waals surface area (Å²) in [6, 6.07) is 12.6. The van der Waals surface area contributed by atoms with Gasteiger partial charge < -0.3 is 5.73 Å². The van der Waals surface area contributed by atoms with Crippen LogP contribution in [0.4, 0.5) is 5.69 Å². The molecule has 2 N–H and O–H groups in total. The Hall–Kier alpha value is -2.09. The second kappa shape index (κ2) is 5.50. The molecule has 0 spiro atoms. The van der Waals surface area contributed by atoms with E-state index in [2.05, 4.69) is 55.1 Å². The van der Waals surface area contributed by atoms with Crippen molar-refractivity contribution in [2.75, 3.05) is 5.73 Å². The number of benzene rings is 1. The molecule has 2 aromatic rings. The van der Waals surface area contributed by atoms with Gasteiger partial charge in [0.2, 0.25) is 0 Å². The Balaban J connectivity index is 2.11. The van der Waals surface area contributed by atoms with Crippen LogP contribution in [0.3, 0.4) is 0 Å². The van der Waals surface area contributed by atoms with E-state index in [9.17, 15) is 0 Å². The van der Waals surface area contributed by atoms with Crippen molar-refractivity contribution in [3.63, 3.8) is 0 Å². The van der Waals surface area contributed by atoms with Crippen molar-refractivity contribution in [2.24, 2.45) is 0 Å². The van der Waals surface area contributed by atoms with Gasteiger partial charge in [-0.25, -0.2) is 4.57 Å². The molecular formula is C16H19N2+. The molecule has 0 saturated carbocycles. The molecule has 0 radical (unpaired) electrons. The lowest BCUT2D eigenvalue weighted by Crippen LogP contribution is -2.34. The van der Waals surface area contributed by atoms with Crippen LogP contribution in [0.15, 0.2) is 48.8 Å². The predicted octanol–water partition coefficient (Wildman–Crippen LogP) is 3.31. The monoisotopic (exact) mass is 239 g/mol. The summed E-state index contributed by atoms with van der Waals surface area (Å²) in [5, 5.41) is 0. The number of rotatable bonds is 3. The van der Waals surface area contributed by atoms with Gasteiger partial charge in [-0.15, -0.1) is 0 Å². The predicted molar refractivity (Wildman–Crippen MR) is 76.8 cm³/mol. The fraction of sp³-hybridized carbons (Fsp3) is 0.188. The van der Waals surface area contributed by atoms with E-state index in [4.69, 9.17) is 5.73 Å². The SMILES string of the molecule is CC(C)[n+]1ccc(/C=C/c2ccc(N)cc2)cc1. The maximum atomic E-state index is 5.65. The van der Waals surface area contributed by atoms with E-state index in [1.807, 2.05) is 24.3 Å². The average molecular weight is 239 g/mol. The van der Waals surface area contributed by atoms with Gasteiger partial charge in [0.05, 0.1) is 0 Å². The van der Waals surface area contributed by atoms with E-state index in [-0.39, 0.29) is 0 Å². The lowest BCUT2D eigenvalue weighted by molar-refractivity contribution is -0.716. The normalized spacial score (nSPS) is 11.3. The molecule has 18 heavy (non-hydrogen) atoms. The Kier molecular flexibility index (Phi) is 3.78. The Morgan fingerprint density at radius 2 is 1.39 bits per heavy atom. The largest absolute Gasteiger partial charge is 0.399 e. The molecule has 92 valence electrons. The summed E-state index contributed by atoms with van der Waals surface area (Å²) >= 11 is 0. The van der Waals surface area contributed by atoms with Crippen LogP contribution in [0.2, 0.25) is 0 Å². The van der Waals surface area contributed by atoms with Gasteiger partial charge in [0, 0.05) is 17.8 Å². The van der Waals surface area contributed by atoms with Crippen LogP contribution >= 0.6 is 0 Å². The van der Waals surface area contributed by atoms with Crippen LogP contribution in [-0.2, 0) is 0 Å². The van der Waals surface area contributed by atoms with Gasteiger partial charge in [-0.2, -0.15) is 0 Å². The van der Waals surface area contributed by atoms with Crippen LogP contribution in [0.25, 0.3) is 12.2 Å². The van der Waals surface area contributed by atoms with E-state index in [0.717, 1.165) is 11.3 Å². The molecule has 0 fully saturated rings. The van der Waals surface area contributed by atoms with E-state index in [1.165, 1.54) is 5.56 Å². The van der Waals surface area contributed by atoms with Crippen molar-refractivity contribution in [1.82, 2.24) is 0 Å². The molecule has 0 aliphatic carbocycles. The van der Waals surface area contributed by atoms with Crippen molar-refractivity contribution < 1.29 is 4.57 Å². The molecule has 1 aromatic carbocycles. The summed E-state index contributed by atoms with van der Waals surface area (Å²) in [5.74, 6) is 0. The zero-order chi connectivity index (χ0) is 13.0. The summed E-state index contributed by atoms with van der Waals surface area (Å²) in [5.41, 5.74) is 8.80. The lowest BCUT2D eigenvalue weighted by Gasteiger charge is -1.99. The van der Waals surface area contributed by atoms with Crippen molar-refractivity contribution in [3.8, 4) is 0 Å². The van der Waals surface area contributed by atoms with E-state index >= 15 is 0 Å². The van der Waals surface area contributed by atoms with E-state index in [0.29, 0.717) is 6.04 Å². The average Bonchev–Trinajstić information content (AvgIpc) is 2.38. The van der Waals surface area contributed by atoms with Crippen molar-refractivity contribution in [3.05, 3.63) is 59.9 Å². The second-order valence-corrected chi connectivity index (χ2v) is 4.67. The Morgan fingerprint density at radius 1 is 0.889 bits per heavy atom. The van der Waals surface area contributed by atoms with Crippen molar-refractivity contribution >= 4 is 17.8 Å². The number of nitrogens with two attached hydrogens (primary N) is 1. The lowest BCUT2D eigenvalue weighted by atomic mass is 10.1. The van der Waals surface area contributed by atoms with Gasteiger partial charge in [-0.1, -0.05) is 24.3 Å². The second-order valence-electron chi connectivity index (χ2n) is 4.67. The molecule has 2 heteroatoms. The third-order valence-electron chi connectivity index (χ3n) is 2.88. The molecule has 0 bridgehead atoms. The minimum absolute atomic E-state index is 0.500. The molecule has 0 unspecified atom stereocenters. The highest BCUT2D eigenvalue weighted by molar-refractivity contribution is 5.69. The third kappa shape index (κ3) is 3.20. The topological polar surface area (TPSA) is 29.9 Å². The molecule has 0 atom stereocenters. The fourth-order valence-corrected chi connectivity index (χ4v) is 1.70. The smallest absolute Gasteiger partial charge is 0.169 e. The standard InChI is InChI=1S/C16H18N2/c1-13(2)18-11-9-15(10-12-18)4-3-14-5-7-16(17)8-6-14/h3-13,17H,1-2H3/p+1. The zero-order valence-electron chi connectivity index (χ0n) is 10.9. The van der Waals surface area contributed by atoms with Gasteiger partial charge in [0.1, 0.15) is 0 Å². The quantitative estimate of drug-likeness (QED) is 0.646. The highest BCUT2D eigenvalue weighted by atomic mass is 15.0. The first-order valence-electron chi connectivity index (χ1n) is 6.19. The number of pyridine rings is 1. The Morgan fingerprint density at radius 3 is 1.89 bits per heavy atom. The highest BCUT2D eigenvalue weighted by Gasteiger charge is 2.03. The molecule has 0 aliphatic rings. The van der Waals surface area contributed by atoms with Crippen LogP contribution in [0.1, 0.15) is 31.0 Å². The third-order valence-corrected chi connectivity index (χ3v) is 2.88. The summed E-state index contributed by atoms with van der Waals surface area (Å²) in [4.78, 5) is 0. The highest BCUT2D eigenvalue weighted by Crippen LogP contribution is 2.09. The number of nitrogen functional groups attached to an aromatic ring is 1. The first-order chi connectivity index (χ1) is 8.65. The summed E-state index contributed by atoms with van der Waals surface area (Å²) in [6.07, 6.45) is 8.41.